The number of aryl methyl sites for hydroxylation is 3. The van der Waals surface area contributed by atoms with Crippen LogP contribution in [0.1, 0.15) is 23.9 Å². The average molecular weight is 175 g/mol. The summed E-state index contributed by atoms with van der Waals surface area (Å²) in [6.07, 6.45) is 2.96. The highest BCUT2D eigenvalue weighted by atomic mass is 15.2. The Kier molecular flexibility index (Phi) is 1.79. The largest absolute Gasteiger partial charge is 0.232 e. The van der Waals surface area contributed by atoms with E-state index in [1.165, 1.54) is 5.56 Å². The maximum Gasteiger partial charge on any atom is 0.156 e. The molecule has 2 aromatic heterocycles. The summed E-state index contributed by atoms with van der Waals surface area (Å²) in [5.41, 5.74) is 4.32. The number of hydrogen-bond donors (Lipinski definition) is 0. The Morgan fingerprint density at radius 3 is 2.77 bits per heavy atom. The van der Waals surface area contributed by atoms with Crippen LogP contribution in [0.5, 0.6) is 0 Å². The predicted octanol–water partition coefficient (Wildman–Crippen LogP) is 1.91. The summed E-state index contributed by atoms with van der Waals surface area (Å²) >= 11 is 0. The zero-order valence-corrected chi connectivity index (χ0v) is 8.20. The Balaban J connectivity index is 2.80. The van der Waals surface area contributed by atoms with E-state index in [0.717, 1.165) is 23.5 Å². The molecule has 68 valence electrons. The molecule has 0 saturated heterocycles. The minimum Gasteiger partial charge on any atom is -0.232 e. The summed E-state index contributed by atoms with van der Waals surface area (Å²) in [7, 11) is 0. The molecule has 0 spiro atoms. The van der Waals surface area contributed by atoms with E-state index in [2.05, 4.69) is 23.1 Å². The molecule has 0 radical (unpaired) electrons. The first-order valence-corrected chi connectivity index (χ1v) is 4.53. The van der Waals surface area contributed by atoms with Crippen LogP contribution in [-0.2, 0) is 6.42 Å². The van der Waals surface area contributed by atoms with Gasteiger partial charge in [-0.2, -0.15) is 5.10 Å². The number of rotatable bonds is 1. The van der Waals surface area contributed by atoms with Gasteiger partial charge >= 0.3 is 0 Å². The smallest absolute Gasteiger partial charge is 0.156 e. The van der Waals surface area contributed by atoms with E-state index in [0.29, 0.717) is 0 Å². The number of hydrogen-bond acceptors (Lipinski definition) is 2. The lowest BCUT2D eigenvalue weighted by atomic mass is 10.2. The van der Waals surface area contributed by atoms with Crippen LogP contribution >= 0.6 is 0 Å². The van der Waals surface area contributed by atoms with Gasteiger partial charge in [-0.3, -0.25) is 0 Å². The summed E-state index contributed by atoms with van der Waals surface area (Å²) in [5, 5.41) is 4.36. The van der Waals surface area contributed by atoms with E-state index in [1.54, 1.807) is 0 Å². The van der Waals surface area contributed by atoms with Crippen molar-refractivity contribution in [1.29, 1.82) is 0 Å². The highest BCUT2D eigenvalue weighted by Crippen LogP contribution is 2.11. The Morgan fingerprint density at radius 1 is 1.31 bits per heavy atom. The Morgan fingerprint density at radius 2 is 2.08 bits per heavy atom. The lowest BCUT2D eigenvalue weighted by Crippen LogP contribution is -1.97. The van der Waals surface area contributed by atoms with Crippen LogP contribution in [0, 0.1) is 13.8 Å². The van der Waals surface area contributed by atoms with Gasteiger partial charge in [-0.25, -0.2) is 9.50 Å². The molecule has 0 amide bonds. The number of imidazole rings is 1. The molecule has 0 aliphatic rings. The summed E-state index contributed by atoms with van der Waals surface area (Å²) < 4.78 is 1.86. The second kappa shape index (κ2) is 2.83. The molecule has 0 atom stereocenters. The van der Waals surface area contributed by atoms with Crippen LogP contribution in [0.15, 0.2) is 12.3 Å². The average Bonchev–Trinajstić information content (AvgIpc) is 2.43. The molecule has 0 saturated carbocycles. The van der Waals surface area contributed by atoms with Gasteiger partial charge in [-0.05, 0) is 31.9 Å². The number of aromatic nitrogens is 3. The lowest BCUT2D eigenvalue weighted by molar-refractivity contribution is 0.882. The third kappa shape index (κ3) is 1.30. The lowest BCUT2D eigenvalue weighted by Gasteiger charge is -2.00. The second-order valence-electron chi connectivity index (χ2n) is 3.31. The van der Waals surface area contributed by atoms with Crippen LogP contribution in [0.3, 0.4) is 0 Å². The molecule has 3 heteroatoms. The molecule has 0 aliphatic heterocycles. The summed E-state index contributed by atoms with van der Waals surface area (Å²) in [5.74, 6) is 0. The fourth-order valence-corrected chi connectivity index (χ4v) is 1.56. The summed E-state index contributed by atoms with van der Waals surface area (Å²) in [6.45, 7) is 6.14. The van der Waals surface area contributed by atoms with E-state index < -0.39 is 0 Å². The number of nitrogens with zero attached hydrogens (tertiary/aromatic N) is 3. The van der Waals surface area contributed by atoms with Crippen LogP contribution in [0.2, 0.25) is 0 Å². The van der Waals surface area contributed by atoms with Crippen LogP contribution in [0.4, 0.5) is 0 Å². The first-order valence-electron chi connectivity index (χ1n) is 4.53. The third-order valence-electron chi connectivity index (χ3n) is 2.13. The van der Waals surface area contributed by atoms with Crippen molar-refractivity contribution in [2.75, 3.05) is 0 Å². The van der Waals surface area contributed by atoms with Gasteiger partial charge in [0.05, 0.1) is 17.6 Å². The van der Waals surface area contributed by atoms with Gasteiger partial charge in [-0.1, -0.05) is 6.92 Å². The summed E-state index contributed by atoms with van der Waals surface area (Å²) in [4.78, 5) is 4.43. The molecule has 0 aromatic carbocycles. The van der Waals surface area contributed by atoms with Crippen molar-refractivity contribution in [2.24, 2.45) is 0 Å². The van der Waals surface area contributed by atoms with Gasteiger partial charge in [0.1, 0.15) is 0 Å². The molecule has 0 N–H and O–H groups in total. The van der Waals surface area contributed by atoms with Gasteiger partial charge in [0.25, 0.3) is 0 Å². The normalized spacial score (nSPS) is 11.0. The van der Waals surface area contributed by atoms with Gasteiger partial charge < -0.3 is 0 Å². The van der Waals surface area contributed by atoms with Gasteiger partial charge in [0, 0.05) is 0 Å². The van der Waals surface area contributed by atoms with Crippen molar-refractivity contribution in [1.82, 2.24) is 14.6 Å². The van der Waals surface area contributed by atoms with Crippen LogP contribution < -0.4 is 0 Å². The summed E-state index contributed by atoms with van der Waals surface area (Å²) in [6, 6.07) is 2.10. The van der Waals surface area contributed by atoms with Gasteiger partial charge in [-0.15, -0.1) is 0 Å². The maximum absolute atomic E-state index is 4.43. The van der Waals surface area contributed by atoms with Crippen molar-refractivity contribution in [3.8, 4) is 0 Å². The van der Waals surface area contributed by atoms with E-state index in [4.69, 9.17) is 0 Å². The van der Waals surface area contributed by atoms with Crippen LogP contribution in [-0.4, -0.2) is 14.6 Å². The Hall–Kier alpha value is -1.38. The Labute approximate surface area is 77.4 Å². The highest BCUT2D eigenvalue weighted by Gasteiger charge is 2.04. The predicted molar refractivity (Wildman–Crippen MR) is 51.8 cm³/mol. The minimum absolute atomic E-state index is 0.991. The molecule has 13 heavy (non-hydrogen) atoms. The quantitative estimate of drug-likeness (QED) is 0.662. The molecule has 3 nitrogen and oxygen atoms in total. The zero-order valence-electron chi connectivity index (χ0n) is 8.20. The topological polar surface area (TPSA) is 30.2 Å². The molecule has 0 bridgehead atoms. The minimum atomic E-state index is 0.991. The maximum atomic E-state index is 4.43. The molecule has 0 fully saturated rings. The molecular formula is C10H13N3. The first-order chi connectivity index (χ1) is 6.20. The van der Waals surface area contributed by atoms with Crippen molar-refractivity contribution in [2.45, 2.75) is 27.2 Å². The molecule has 2 aromatic rings. The first kappa shape index (κ1) is 8.23. The van der Waals surface area contributed by atoms with Crippen molar-refractivity contribution < 1.29 is 0 Å². The van der Waals surface area contributed by atoms with E-state index in [9.17, 15) is 0 Å². The fraction of sp³-hybridized carbons (Fsp3) is 0.400. The molecule has 0 unspecified atom stereocenters. The number of fused-ring (bicyclic) bond motifs is 1. The molecule has 0 aliphatic carbocycles. The van der Waals surface area contributed by atoms with Gasteiger partial charge in [0.15, 0.2) is 5.65 Å². The Bertz CT molecular complexity index is 443. The fourth-order valence-electron chi connectivity index (χ4n) is 1.56. The van der Waals surface area contributed by atoms with Crippen LogP contribution in [0.25, 0.3) is 5.65 Å². The van der Waals surface area contributed by atoms with E-state index in [-0.39, 0.29) is 0 Å². The van der Waals surface area contributed by atoms with E-state index >= 15 is 0 Å². The van der Waals surface area contributed by atoms with Crippen molar-refractivity contribution >= 4 is 5.65 Å². The second-order valence-corrected chi connectivity index (χ2v) is 3.31. The van der Waals surface area contributed by atoms with Gasteiger partial charge in [0.2, 0.25) is 0 Å². The van der Waals surface area contributed by atoms with Crippen molar-refractivity contribution in [3.63, 3.8) is 0 Å². The highest BCUT2D eigenvalue weighted by molar-refractivity contribution is 5.48. The zero-order chi connectivity index (χ0) is 9.42. The third-order valence-corrected chi connectivity index (χ3v) is 2.13. The molecule has 2 heterocycles. The monoisotopic (exact) mass is 175 g/mol. The van der Waals surface area contributed by atoms with E-state index in [1.807, 2.05) is 24.6 Å². The SMILES string of the molecule is CCc1cc(C)nn2cc(C)nc12. The standard InChI is InChI=1S/C10H13N3/c1-4-9-5-7(2)12-13-6-8(3)11-10(9)13/h5-6H,4H2,1-3H3. The van der Waals surface area contributed by atoms with Crippen molar-refractivity contribution in [3.05, 3.63) is 29.2 Å². The molecular weight excluding hydrogens is 162 g/mol. The molecule has 2 rings (SSSR count).